The first-order chi connectivity index (χ1) is 19.5. The van der Waals surface area contributed by atoms with E-state index in [9.17, 15) is 22.0 Å². The number of alkyl carbamates (subject to hydrolysis) is 1. The number of nitrogens with one attached hydrogen (secondary N) is 2. The van der Waals surface area contributed by atoms with Crippen LogP contribution >= 0.6 is 23.2 Å². The number of hydrogen-bond acceptors (Lipinski definition) is 7. The monoisotopic (exact) mass is 629 g/mol. The van der Waals surface area contributed by atoms with E-state index >= 15 is 0 Å². The summed E-state index contributed by atoms with van der Waals surface area (Å²) < 4.78 is 67.3. The number of pyridine rings is 1. The Morgan fingerprint density at radius 1 is 1.07 bits per heavy atom. The van der Waals surface area contributed by atoms with E-state index in [1.54, 1.807) is 24.3 Å². The third kappa shape index (κ3) is 9.61. The van der Waals surface area contributed by atoms with Gasteiger partial charge in [0.15, 0.2) is 11.5 Å². The van der Waals surface area contributed by atoms with Crippen molar-refractivity contribution in [2.45, 2.75) is 38.5 Å². The van der Waals surface area contributed by atoms with E-state index in [1.807, 2.05) is 0 Å². The van der Waals surface area contributed by atoms with Crippen molar-refractivity contribution in [1.29, 1.82) is 0 Å². The molecule has 1 atom stereocenters. The van der Waals surface area contributed by atoms with Crippen molar-refractivity contribution in [2.75, 3.05) is 17.6 Å². The molecule has 0 spiro atoms. The third-order valence-corrected chi connectivity index (χ3v) is 7.27. The van der Waals surface area contributed by atoms with Crippen molar-refractivity contribution in [3.8, 4) is 11.5 Å². The number of carbonyl (C=O) groups excluding carboxylic acids is 1. The molecule has 1 fully saturated rings. The molecule has 41 heavy (non-hydrogen) atoms. The van der Waals surface area contributed by atoms with Gasteiger partial charge in [-0.3, -0.25) is 9.71 Å². The van der Waals surface area contributed by atoms with Gasteiger partial charge in [0, 0.05) is 31.0 Å². The highest BCUT2D eigenvalue weighted by Gasteiger charge is 2.26. The van der Waals surface area contributed by atoms with E-state index < -0.39 is 28.8 Å². The molecule has 0 bridgehead atoms. The number of anilines is 1. The minimum Gasteiger partial charge on any atom is -0.489 e. The first kappa shape index (κ1) is 30.6. The summed E-state index contributed by atoms with van der Waals surface area (Å²) in [5.74, 6) is 0.307. The molecular formula is C27H27Cl2F2N3O6S. The molecule has 220 valence electrons. The van der Waals surface area contributed by atoms with Gasteiger partial charge in [-0.05, 0) is 59.7 Å². The minimum atomic E-state index is -3.42. The van der Waals surface area contributed by atoms with Gasteiger partial charge in [-0.2, -0.15) is 8.78 Å². The molecule has 0 saturated heterocycles. The van der Waals surface area contributed by atoms with Crippen molar-refractivity contribution in [3.63, 3.8) is 0 Å². The number of ether oxygens (including phenoxy) is 3. The topological polar surface area (TPSA) is 116 Å². The number of alkyl halides is 2. The summed E-state index contributed by atoms with van der Waals surface area (Å²) in [5, 5.41) is 3.17. The van der Waals surface area contributed by atoms with Gasteiger partial charge in [-0.15, -0.1) is 0 Å². The molecule has 3 aromatic rings. The zero-order chi connectivity index (χ0) is 29.6. The van der Waals surface area contributed by atoms with Gasteiger partial charge in [-0.1, -0.05) is 41.4 Å². The first-order valence-corrected chi connectivity index (χ1v) is 15.1. The van der Waals surface area contributed by atoms with Crippen LogP contribution in [0.5, 0.6) is 11.5 Å². The highest BCUT2D eigenvalue weighted by molar-refractivity contribution is 7.92. The smallest absolute Gasteiger partial charge is 0.408 e. The van der Waals surface area contributed by atoms with E-state index in [-0.39, 0.29) is 34.5 Å². The molecular weight excluding hydrogens is 603 g/mol. The number of hydrogen-bond donors (Lipinski definition) is 2. The molecule has 14 heteroatoms. The number of aromatic nitrogens is 1. The Morgan fingerprint density at radius 2 is 1.76 bits per heavy atom. The quantitative estimate of drug-likeness (QED) is 0.226. The zero-order valence-electron chi connectivity index (χ0n) is 21.8. The molecule has 1 aromatic heterocycles. The van der Waals surface area contributed by atoms with Crippen LogP contribution in [-0.2, 0) is 27.7 Å². The van der Waals surface area contributed by atoms with E-state index in [4.69, 9.17) is 32.7 Å². The lowest BCUT2D eigenvalue weighted by atomic mass is 10.0. The lowest BCUT2D eigenvalue weighted by Gasteiger charge is -2.22. The van der Waals surface area contributed by atoms with Crippen molar-refractivity contribution >= 4 is 45.0 Å². The van der Waals surface area contributed by atoms with Gasteiger partial charge < -0.3 is 19.5 Å². The van der Waals surface area contributed by atoms with Crippen LogP contribution in [0, 0.1) is 5.92 Å². The van der Waals surface area contributed by atoms with Crippen molar-refractivity contribution in [1.82, 2.24) is 10.3 Å². The Balaban J connectivity index is 1.53. The molecule has 1 aliphatic rings. The van der Waals surface area contributed by atoms with Crippen LogP contribution < -0.4 is 19.5 Å². The molecule has 0 aliphatic heterocycles. The standard InChI is InChI=1S/C27H27Cl2F2N3O6S/c1-41(36,37)34-19-7-4-16(5-8-19)12-33-27(35)40-24(11-20-21(28)13-32-14-22(20)29)18-6-9-23(39-26(30)31)25(10-18)38-15-17-2-3-17/h4-10,13-14,17,24,26,34H,2-3,11-12,15H2,1H3,(H,33,35). The normalized spacial score (nSPS) is 13.9. The molecule has 9 nitrogen and oxygen atoms in total. The molecule has 1 aliphatic carbocycles. The van der Waals surface area contributed by atoms with E-state index in [1.165, 1.54) is 30.6 Å². The predicted molar refractivity (Wildman–Crippen MR) is 150 cm³/mol. The maximum Gasteiger partial charge on any atom is 0.408 e. The predicted octanol–water partition coefficient (Wildman–Crippen LogP) is 6.36. The number of benzene rings is 2. The Kier molecular flexibility index (Phi) is 10.1. The van der Waals surface area contributed by atoms with Crippen LogP contribution in [0.15, 0.2) is 54.9 Å². The average Bonchev–Trinajstić information content (AvgIpc) is 3.73. The van der Waals surface area contributed by atoms with Gasteiger partial charge in [-0.25, -0.2) is 13.2 Å². The summed E-state index contributed by atoms with van der Waals surface area (Å²) in [4.78, 5) is 16.8. The summed E-state index contributed by atoms with van der Waals surface area (Å²) in [5.41, 5.74) is 1.97. The number of carbonyl (C=O) groups is 1. The van der Waals surface area contributed by atoms with Crippen LogP contribution in [0.3, 0.4) is 0 Å². The molecule has 2 aromatic carbocycles. The van der Waals surface area contributed by atoms with Crippen LogP contribution in [0.2, 0.25) is 10.0 Å². The molecule has 1 unspecified atom stereocenters. The third-order valence-electron chi connectivity index (χ3n) is 6.01. The average molecular weight is 630 g/mol. The largest absolute Gasteiger partial charge is 0.489 e. The Labute approximate surface area is 246 Å². The summed E-state index contributed by atoms with van der Waals surface area (Å²) in [7, 11) is -3.42. The Bertz CT molecular complexity index is 1450. The fourth-order valence-electron chi connectivity index (χ4n) is 3.82. The first-order valence-electron chi connectivity index (χ1n) is 12.5. The molecule has 4 rings (SSSR count). The Morgan fingerprint density at radius 3 is 2.37 bits per heavy atom. The van der Waals surface area contributed by atoms with E-state index in [2.05, 4.69) is 19.8 Å². The van der Waals surface area contributed by atoms with Gasteiger partial charge >= 0.3 is 12.7 Å². The Hall–Kier alpha value is -3.35. The van der Waals surface area contributed by atoms with Crippen LogP contribution in [0.1, 0.15) is 35.6 Å². The van der Waals surface area contributed by atoms with Crippen LogP contribution in [0.4, 0.5) is 19.3 Å². The maximum absolute atomic E-state index is 13.0. The SMILES string of the molecule is CS(=O)(=O)Nc1ccc(CNC(=O)OC(Cc2c(Cl)cncc2Cl)c2ccc(OC(F)F)c(OCC3CC3)c2)cc1. The van der Waals surface area contributed by atoms with Gasteiger partial charge in [0.05, 0.1) is 22.9 Å². The van der Waals surface area contributed by atoms with Crippen LogP contribution in [-0.4, -0.2) is 39.0 Å². The van der Waals surface area contributed by atoms with Gasteiger partial charge in [0.2, 0.25) is 10.0 Å². The minimum absolute atomic E-state index is 0.0522. The highest BCUT2D eigenvalue weighted by Crippen LogP contribution is 2.37. The lowest BCUT2D eigenvalue weighted by Crippen LogP contribution is -2.26. The summed E-state index contributed by atoms with van der Waals surface area (Å²) in [6.07, 6.45) is 4.18. The molecule has 2 N–H and O–H groups in total. The van der Waals surface area contributed by atoms with Crippen molar-refractivity contribution < 1.29 is 36.2 Å². The number of sulfonamides is 1. The number of amides is 1. The maximum atomic E-state index is 13.0. The summed E-state index contributed by atoms with van der Waals surface area (Å²) in [6.45, 7) is -2.62. The van der Waals surface area contributed by atoms with Crippen LogP contribution in [0.25, 0.3) is 0 Å². The summed E-state index contributed by atoms with van der Waals surface area (Å²) in [6, 6.07) is 10.7. The van der Waals surface area contributed by atoms with Crippen molar-refractivity contribution in [3.05, 3.63) is 81.6 Å². The summed E-state index contributed by atoms with van der Waals surface area (Å²) >= 11 is 12.6. The lowest BCUT2D eigenvalue weighted by molar-refractivity contribution is -0.0515. The van der Waals surface area contributed by atoms with Crippen molar-refractivity contribution in [2.24, 2.45) is 5.92 Å². The van der Waals surface area contributed by atoms with E-state index in [0.717, 1.165) is 19.1 Å². The second-order valence-corrected chi connectivity index (χ2v) is 12.0. The fourth-order valence-corrected chi connectivity index (χ4v) is 4.90. The highest BCUT2D eigenvalue weighted by atomic mass is 35.5. The molecule has 1 saturated carbocycles. The second kappa shape index (κ2) is 13.5. The molecule has 1 amide bonds. The van der Waals surface area contributed by atoms with Gasteiger partial charge in [0.25, 0.3) is 0 Å². The fraction of sp³-hybridized carbons (Fsp3) is 0.333. The van der Waals surface area contributed by atoms with E-state index in [0.29, 0.717) is 34.9 Å². The van der Waals surface area contributed by atoms with Gasteiger partial charge in [0.1, 0.15) is 6.10 Å². The number of rotatable bonds is 13. The molecule has 0 radical (unpaired) electrons. The number of halogens is 4. The second-order valence-electron chi connectivity index (χ2n) is 9.44. The number of nitrogens with zero attached hydrogens (tertiary/aromatic N) is 1. The zero-order valence-corrected chi connectivity index (χ0v) is 24.1. The molecule has 1 heterocycles.